The van der Waals surface area contributed by atoms with Crippen LogP contribution in [0.4, 0.5) is 4.39 Å². The molecule has 23 heavy (non-hydrogen) atoms. The monoisotopic (exact) mass is 355 g/mol. The molecule has 1 aromatic rings. The number of carbonyl (C=O) groups is 3. The number of hydrogen-bond donors (Lipinski definition) is 2. The predicted octanol–water partition coefficient (Wildman–Crippen LogP) is 1.95. The Hall–Kier alpha value is -2.26. The van der Waals surface area contributed by atoms with Crippen molar-refractivity contribution >= 4 is 52.2 Å². The van der Waals surface area contributed by atoms with E-state index < -0.39 is 36.1 Å². The number of thioether (sulfide) groups is 1. The molecule has 0 spiro atoms. The van der Waals surface area contributed by atoms with Crippen molar-refractivity contribution < 1.29 is 29.0 Å². The number of amides is 1. The molecule has 1 aliphatic rings. The number of nitrogens with zero attached hydrogens (tertiary/aromatic N) is 1. The van der Waals surface area contributed by atoms with Crippen molar-refractivity contribution in [1.82, 2.24) is 4.90 Å². The van der Waals surface area contributed by atoms with E-state index in [2.05, 4.69) is 0 Å². The number of carboxylic acid groups (broad SMARTS) is 2. The van der Waals surface area contributed by atoms with Gasteiger partial charge in [-0.3, -0.25) is 14.5 Å². The summed E-state index contributed by atoms with van der Waals surface area (Å²) in [6.45, 7) is 0. The third-order valence-electron chi connectivity index (χ3n) is 2.98. The third kappa shape index (κ3) is 3.74. The van der Waals surface area contributed by atoms with Crippen LogP contribution in [0.2, 0.25) is 0 Å². The van der Waals surface area contributed by atoms with Gasteiger partial charge in [-0.1, -0.05) is 42.2 Å². The van der Waals surface area contributed by atoms with Crippen molar-refractivity contribution in [3.63, 3.8) is 0 Å². The fourth-order valence-electron chi connectivity index (χ4n) is 1.94. The summed E-state index contributed by atoms with van der Waals surface area (Å²) in [7, 11) is 0. The van der Waals surface area contributed by atoms with E-state index in [1.165, 1.54) is 24.3 Å². The van der Waals surface area contributed by atoms with Crippen LogP contribution in [-0.2, 0) is 14.4 Å². The lowest BCUT2D eigenvalue weighted by atomic mass is 10.1. The lowest BCUT2D eigenvalue weighted by molar-refractivity contribution is -0.150. The zero-order valence-corrected chi connectivity index (χ0v) is 13.1. The van der Waals surface area contributed by atoms with Crippen LogP contribution in [-0.4, -0.2) is 43.3 Å². The first kappa shape index (κ1) is 17.1. The largest absolute Gasteiger partial charge is 0.481 e. The first-order valence-electron chi connectivity index (χ1n) is 6.27. The highest BCUT2D eigenvalue weighted by Gasteiger charge is 2.41. The fraction of sp³-hybridized carbons (Fsp3) is 0.143. The maximum absolute atomic E-state index is 13.6. The molecule has 1 saturated heterocycles. The summed E-state index contributed by atoms with van der Waals surface area (Å²) in [4.78, 5) is 35.1. The molecule has 0 radical (unpaired) electrons. The summed E-state index contributed by atoms with van der Waals surface area (Å²) in [5.74, 6) is -4.14. The van der Waals surface area contributed by atoms with Crippen LogP contribution in [0.25, 0.3) is 6.08 Å². The van der Waals surface area contributed by atoms with Crippen LogP contribution in [0.15, 0.2) is 29.2 Å². The molecule has 9 heteroatoms. The molecule has 2 N–H and O–H groups in total. The summed E-state index contributed by atoms with van der Waals surface area (Å²) in [5, 5.41) is 17.9. The number of rotatable bonds is 5. The minimum atomic E-state index is -1.61. The molecule has 0 aromatic heterocycles. The summed E-state index contributed by atoms with van der Waals surface area (Å²) >= 11 is 5.77. The van der Waals surface area contributed by atoms with E-state index in [0.717, 1.165) is 16.7 Å². The minimum absolute atomic E-state index is 0.0386. The van der Waals surface area contributed by atoms with Gasteiger partial charge in [0.25, 0.3) is 5.91 Å². The van der Waals surface area contributed by atoms with Crippen LogP contribution in [0.1, 0.15) is 12.0 Å². The van der Waals surface area contributed by atoms with E-state index in [-0.39, 0.29) is 14.8 Å². The van der Waals surface area contributed by atoms with Gasteiger partial charge < -0.3 is 10.2 Å². The third-order valence-corrected chi connectivity index (χ3v) is 4.31. The van der Waals surface area contributed by atoms with Gasteiger partial charge in [0.2, 0.25) is 0 Å². The molecule has 1 atom stereocenters. The number of carboxylic acids is 2. The highest BCUT2D eigenvalue weighted by Crippen LogP contribution is 2.34. The summed E-state index contributed by atoms with van der Waals surface area (Å²) in [5.41, 5.74) is 0.151. The zero-order chi connectivity index (χ0) is 17.1. The molecular formula is C14H10FNO5S2. The maximum atomic E-state index is 13.6. The standard InChI is InChI=1S/C14H10FNO5S2/c15-8-4-2-1-3-7(8)5-10-12(19)16(14(22)23-10)9(13(20)21)6-11(17)18/h1-5,9H,6H2,(H,17,18)(H,20,21)/b10-5-/t9-/m0/s1. The quantitative estimate of drug-likeness (QED) is 0.616. The fourth-order valence-corrected chi connectivity index (χ4v) is 3.28. The minimum Gasteiger partial charge on any atom is -0.481 e. The van der Waals surface area contributed by atoms with Crippen LogP contribution in [0, 0.1) is 5.82 Å². The van der Waals surface area contributed by atoms with Gasteiger partial charge >= 0.3 is 11.9 Å². The van der Waals surface area contributed by atoms with E-state index >= 15 is 0 Å². The molecule has 1 fully saturated rings. The van der Waals surface area contributed by atoms with E-state index in [9.17, 15) is 18.8 Å². The topological polar surface area (TPSA) is 94.9 Å². The van der Waals surface area contributed by atoms with Crippen LogP contribution in [0.3, 0.4) is 0 Å². The summed E-state index contributed by atoms with van der Waals surface area (Å²) < 4.78 is 13.6. The van der Waals surface area contributed by atoms with Gasteiger partial charge in [0.1, 0.15) is 16.2 Å². The molecule has 0 saturated carbocycles. The van der Waals surface area contributed by atoms with Crippen molar-refractivity contribution in [2.24, 2.45) is 0 Å². The second-order valence-corrected chi connectivity index (χ2v) is 6.20. The highest BCUT2D eigenvalue weighted by atomic mass is 32.2. The van der Waals surface area contributed by atoms with Crippen LogP contribution < -0.4 is 0 Å². The molecule has 6 nitrogen and oxygen atoms in total. The van der Waals surface area contributed by atoms with Gasteiger partial charge in [-0.25, -0.2) is 9.18 Å². The molecule has 0 bridgehead atoms. The van der Waals surface area contributed by atoms with Gasteiger partial charge in [-0.2, -0.15) is 0 Å². The lowest BCUT2D eigenvalue weighted by Crippen LogP contribution is -2.45. The molecule has 2 rings (SSSR count). The van der Waals surface area contributed by atoms with Crippen LogP contribution >= 0.6 is 24.0 Å². The average molecular weight is 355 g/mol. The van der Waals surface area contributed by atoms with E-state index in [4.69, 9.17) is 22.4 Å². The molecule has 1 aromatic carbocycles. The Balaban J connectivity index is 2.34. The highest BCUT2D eigenvalue weighted by molar-refractivity contribution is 8.26. The smallest absolute Gasteiger partial charge is 0.327 e. The van der Waals surface area contributed by atoms with Crippen molar-refractivity contribution in [2.45, 2.75) is 12.5 Å². The lowest BCUT2D eigenvalue weighted by Gasteiger charge is -2.21. The van der Waals surface area contributed by atoms with Gasteiger partial charge in [0.15, 0.2) is 0 Å². The van der Waals surface area contributed by atoms with Crippen molar-refractivity contribution in [1.29, 1.82) is 0 Å². The number of aliphatic carboxylic acids is 2. The Morgan fingerprint density at radius 3 is 2.57 bits per heavy atom. The second-order valence-electron chi connectivity index (χ2n) is 4.53. The van der Waals surface area contributed by atoms with E-state index in [1.807, 2.05) is 0 Å². The first-order chi connectivity index (χ1) is 10.8. The Bertz CT molecular complexity index is 734. The number of benzene rings is 1. The second kappa shape index (κ2) is 6.88. The number of thiocarbonyl (C=S) groups is 1. The molecule has 0 aliphatic carbocycles. The molecule has 120 valence electrons. The van der Waals surface area contributed by atoms with Crippen molar-refractivity contribution in [3.8, 4) is 0 Å². The normalized spacial score (nSPS) is 17.6. The molecule has 1 amide bonds. The van der Waals surface area contributed by atoms with Crippen molar-refractivity contribution in [2.75, 3.05) is 0 Å². The van der Waals surface area contributed by atoms with E-state index in [0.29, 0.717) is 0 Å². The molecule has 1 aliphatic heterocycles. The number of halogens is 1. The number of carbonyl (C=O) groups excluding carboxylic acids is 1. The Morgan fingerprint density at radius 1 is 1.35 bits per heavy atom. The Labute approximate surface area is 139 Å². The molecule has 1 heterocycles. The van der Waals surface area contributed by atoms with Crippen molar-refractivity contribution in [3.05, 3.63) is 40.6 Å². The molecular weight excluding hydrogens is 345 g/mol. The summed E-state index contributed by atoms with van der Waals surface area (Å²) in [6, 6.07) is 4.14. The van der Waals surface area contributed by atoms with E-state index in [1.54, 1.807) is 6.07 Å². The Kier molecular flexibility index (Phi) is 5.12. The predicted molar refractivity (Wildman–Crippen MR) is 85.1 cm³/mol. The van der Waals surface area contributed by atoms with Crippen LogP contribution in [0.5, 0.6) is 0 Å². The Morgan fingerprint density at radius 2 is 2.00 bits per heavy atom. The zero-order valence-electron chi connectivity index (χ0n) is 11.4. The first-order valence-corrected chi connectivity index (χ1v) is 7.50. The maximum Gasteiger partial charge on any atom is 0.327 e. The van der Waals surface area contributed by atoms with Gasteiger partial charge in [-0.05, 0) is 12.1 Å². The van der Waals surface area contributed by atoms with Gasteiger partial charge in [-0.15, -0.1) is 0 Å². The summed E-state index contributed by atoms with van der Waals surface area (Å²) in [6.07, 6.45) is 0.475. The van der Waals surface area contributed by atoms with Gasteiger partial charge in [0.05, 0.1) is 11.3 Å². The number of hydrogen-bond acceptors (Lipinski definition) is 5. The average Bonchev–Trinajstić information content (AvgIpc) is 2.73. The molecule has 0 unspecified atom stereocenters. The van der Waals surface area contributed by atoms with Gasteiger partial charge in [0, 0.05) is 5.56 Å². The SMILES string of the molecule is O=C(O)C[C@@H](C(=O)O)N1C(=O)/C(=C/c2ccccc2F)SC1=S.